The number of nitrogen functional groups attached to an aromatic ring is 1. The van der Waals surface area contributed by atoms with Crippen LogP contribution in [-0.4, -0.2) is 22.4 Å². The second kappa shape index (κ2) is 5.77. The van der Waals surface area contributed by atoms with E-state index in [1.807, 2.05) is 13.8 Å². The minimum absolute atomic E-state index is 0.0880. The van der Waals surface area contributed by atoms with Crippen LogP contribution in [0.2, 0.25) is 0 Å². The van der Waals surface area contributed by atoms with Gasteiger partial charge >= 0.3 is 0 Å². The van der Waals surface area contributed by atoms with Crippen molar-refractivity contribution >= 4 is 28.3 Å². The van der Waals surface area contributed by atoms with Crippen LogP contribution in [0.1, 0.15) is 50.4 Å². The van der Waals surface area contributed by atoms with Crippen LogP contribution >= 0.6 is 11.5 Å². The number of hydrogen-bond acceptors (Lipinski definition) is 5. The summed E-state index contributed by atoms with van der Waals surface area (Å²) in [6.45, 7) is 6.10. The molecule has 1 saturated carbocycles. The molecule has 19 heavy (non-hydrogen) atoms. The van der Waals surface area contributed by atoms with E-state index in [1.165, 1.54) is 24.4 Å². The largest absolute Gasteiger partial charge is 0.382 e. The summed E-state index contributed by atoms with van der Waals surface area (Å²) in [6, 6.07) is 0.510. The van der Waals surface area contributed by atoms with Crippen molar-refractivity contribution in [3.05, 3.63) is 5.56 Å². The Morgan fingerprint density at radius 1 is 1.47 bits per heavy atom. The molecule has 2 atom stereocenters. The van der Waals surface area contributed by atoms with E-state index >= 15 is 0 Å². The van der Waals surface area contributed by atoms with Crippen molar-refractivity contribution in [2.24, 2.45) is 5.92 Å². The van der Waals surface area contributed by atoms with Crippen LogP contribution in [0.4, 0.5) is 10.8 Å². The van der Waals surface area contributed by atoms with Gasteiger partial charge in [-0.15, -0.1) is 0 Å². The van der Waals surface area contributed by atoms with Gasteiger partial charge in [-0.25, -0.2) is 0 Å². The summed E-state index contributed by atoms with van der Waals surface area (Å²) in [6.07, 6.45) is 3.62. The Hall–Kier alpha value is -1.30. The Labute approximate surface area is 118 Å². The molecule has 0 radical (unpaired) electrons. The summed E-state index contributed by atoms with van der Waals surface area (Å²) in [7, 11) is 0. The van der Waals surface area contributed by atoms with Gasteiger partial charge in [-0.2, -0.15) is 4.37 Å². The first-order valence-electron chi connectivity index (χ1n) is 6.81. The number of nitrogens with one attached hydrogen (secondary N) is 2. The normalized spacial score (nSPS) is 22.7. The van der Waals surface area contributed by atoms with Gasteiger partial charge in [-0.05, 0) is 44.1 Å². The van der Waals surface area contributed by atoms with E-state index in [0.29, 0.717) is 23.3 Å². The van der Waals surface area contributed by atoms with Gasteiger partial charge in [-0.1, -0.05) is 13.3 Å². The Morgan fingerprint density at radius 2 is 2.21 bits per heavy atom. The van der Waals surface area contributed by atoms with Crippen LogP contribution in [0.15, 0.2) is 0 Å². The molecular formula is C13H22N4OS. The molecule has 2 unspecified atom stereocenters. The lowest BCUT2D eigenvalue weighted by molar-refractivity contribution is 0.0945. The molecule has 106 valence electrons. The van der Waals surface area contributed by atoms with Crippen molar-refractivity contribution in [3.8, 4) is 0 Å². The van der Waals surface area contributed by atoms with E-state index < -0.39 is 0 Å². The van der Waals surface area contributed by atoms with E-state index in [0.717, 1.165) is 11.4 Å². The fourth-order valence-electron chi connectivity index (χ4n) is 2.48. The quantitative estimate of drug-likeness (QED) is 0.792. The Morgan fingerprint density at radius 3 is 2.79 bits per heavy atom. The number of nitrogens with zero attached hydrogens (tertiary/aromatic N) is 1. The van der Waals surface area contributed by atoms with Gasteiger partial charge in [0.15, 0.2) is 5.82 Å². The smallest absolute Gasteiger partial charge is 0.258 e. The van der Waals surface area contributed by atoms with Gasteiger partial charge in [0, 0.05) is 12.1 Å². The van der Waals surface area contributed by atoms with Crippen molar-refractivity contribution in [3.63, 3.8) is 0 Å². The van der Waals surface area contributed by atoms with E-state index in [2.05, 4.69) is 21.9 Å². The van der Waals surface area contributed by atoms with Crippen LogP contribution in [0.3, 0.4) is 0 Å². The van der Waals surface area contributed by atoms with Crippen LogP contribution in [0.5, 0.6) is 0 Å². The van der Waals surface area contributed by atoms with Gasteiger partial charge in [0.25, 0.3) is 5.91 Å². The molecule has 2 rings (SSSR count). The summed E-state index contributed by atoms with van der Waals surface area (Å²) < 4.78 is 4.11. The molecule has 1 aliphatic carbocycles. The molecule has 4 N–H and O–H groups in total. The lowest BCUT2D eigenvalue weighted by Crippen LogP contribution is -2.31. The monoisotopic (exact) mass is 282 g/mol. The molecule has 0 aliphatic heterocycles. The third kappa shape index (κ3) is 3.18. The lowest BCUT2D eigenvalue weighted by Gasteiger charge is -2.18. The molecule has 1 amide bonds. The number of carbonyl (C=O) groups excluding carboxylic acids is 1. The van der Waals surface area contributed by atoms with Gasteiger partial charge in [0.1, 0.15) is 10.6 Å². The first kappa shape index (κ1) is 14.1. The Bertz CT molecular complexity index is 457. The minimum Gasteiger partial charge on any atom is -0.382 e. The van der Waals surface area contributed by atoms with E-state index in [1.54, 1.807) is 0 Å². The second-order valence-corrected chi connectivity index (χ2v) is 6.33. The molecule has 1 aliphatic rings. The van der Waals surface area contributed by atoms with Crippen molar-refractivity contribution in [1.82, 2.24) is 9.69 Å². The van der Waals surface area contributed by atoms with Gasteiger partial charge in [0.05, 0.1) is 0 Å². The third-order valence-corrected chi connectivity index (χ3v) is 4.34. The summed E-state index contributed by atoms with van der Waals surface area (Å²) in [5, 5.41) is 7.12. The number of carbonyl (C=O) groups is 1. The van der Waals surface area contributed by atoms with Crippen LogP contribution in [0, 0.1) is 5.92 Å². The lowest BCUT2D eigenvalue weighted by atomic mass is 10.1. The number of amides is 1. The maximum absolute atomic E-state index is 12.1. The zero-order valence-corrected chi connectivity index (χ0v) is 12.5. The average molecular weight is 282 g/mol. The van der Waals surface area contributed by atoms with Gasteiger partial charge in [0.2, 0.25) is 0 Å². The average Bonchev–Trinajstić information content (AvgIpc) is 2.86. The summed E-state index contributed by atoms with van der Waals surface area (Å²) in [5.41, 5.74) is 6.32. The number of nitrogens with two attached hydrogens (primary N) is 1. The summed E-state index contributed by atoms with van der Waals surface area (Å²) in [5.74, 6) is 0.801. The van der Waals surface area contributed by atoms with Gasteiger partial charge < -0.3 is 16.4 Å². The standard InChI is InChI=1S/C13H22N4OS/c1-7(2)15-12(18)10-11(14)17-19-13(10)16-9-6-4-5-8(9)3/h7-9,16H,4-6H2,1-3H3,(H2,14,17)(H,15,18). The molecule has 1 aromatic rings. The molecule has 6 heteroatoms. The van der Waals surface area contributed by atoms with Crippen molar-refractivity contribution < 1.29 is 4.79 Å². The maximum atomic E-state index is 12.1. The second-order valence-electron chi connectivity index (χ2n) is 5.56. The van der Waals surface area contributed by atoms with E-state index in [9.17, 15) is 4.79 Å². The predicted octanol–water partition coefficient (Wildman–Crippen LogP) is 2.46. The molecule has 1 heterocycles. The van der Waals surface area contributed by atoms with E-state index in [-0.39, 0.29) is 11.9 Å². The Kier molecular flexibility index (Phi) is 4.29. The number of aromatic nitrogens is 1. The van der Waals surface area contributed by atoms with Crippen molar-refractivity contribution in [2.45, 2.75) is 52.1 Å². The molecule has 0 saturated heterocycles. The topological polar surface area (TPSA) is 80.0 Å². The van der Waals surface area contributed by atoms with Crippen LogP contribution < -0.4 is 16.4 Å². The first-order chi connectivity index (χ1) is 8.99. The first-order valence-corrected chi connectivity index (χ1v) is 7.59. The predicted molar refractivity (Wildman–Crippen MR) is 79.6 cm³/mol. The van der Waals surface area contributed by atoms with E-state index in [4.69, 9.17) is 5.73 Å². The number of hydrogen-bond donors (Lipinski definition) is 3. The zero-order chi connectivity index (χ0) is 14.0. The van der Waals surface area contributed by atoms with Crippen LogP contribution in [-0.2, 0) is 0 Å². The highest BCUT2D eigenvalue weighted by molar-refractivity contribution is 7.11. The van der Waals surface area contributed by atoms with Crippen molar-refractivity contribution in [2.75, 3.05) is 11.1 Å². The molecule has 0 aromatic carbocycles. The minimum atomic E-state index is -0.144. The zero-order valence-electron chi connectivity index (χ0n) is 11.7. The fourth-order valence-corrected chi connectivity index (χ4v) is 3.26. The molecule has 5 nitrogen and oxygen atoms in total. The summed E-state index contributed by atoms with van der Waals surface area (Å²) in [4.78, 5) is 12.1. The molecule has 0 spiro atoms. The Balaban J connectivity index is 2.15. The van der Waals surface area contributed by atoms with Crippen LogP contribution in [0.25, 0.3) is 0 Å². The molecule has 1 aromatic heterocycles. The highest BCUT2D eigenvalue weighted by atomic mass is 32.1. The van der Waals surface area contributed by atoms with Crippen molar-refractivity contribution in [1.29, 1.82) is 0 Å². The highest BCUT2D eigenvalue weighted by Gasteiger charge is 2.27. The van der Waals surface area contributed by atoms with Gasteiger partial charge in [-0.3, -0.25) is 4.79 Å². The molecule has 0 bridgehead atoms. The molecule has 1 fully saturated rings. The maximum Gasteiger partial charge on any atom is 0.258 e. The highest BCUT2D eigenvalue weighted by Crippen LogP contribution is 2.33. The third-order valence-electron chi connectivity index (χ3n) is 3.54. The number of anilines is 2. The number of rotatable bonds is 4. The molecular weight excluding hydrogens is 260 g/mol. The SMILES string of the molecule is CC(C)NC(=O)c1c(N)nsc1NC1CCCC1C. The summed E-state index contributed by atoms with van der Waals surface area (Å²) >= 11 is 1.27. The fraction of sp³-hybridized carbons (Fsp3) is 0.692.